The lowest BCUT2D eigenvalue weighted by Crippen LogP contribution is -2.25. The molecule has 0 aromatic heterocycles. The highest BCUT2D eigenvalue weighted by Crippen LogP contribution is 2.20. The summed E-state index contributed by atoms with van der Waals surface area (Å²) in [5.74, 6) is -0.262. The van der Waals surface area contributed by atoms with Crippen LogP contribution in [-0.4, -0.2) is 11.6 Å². The highest BCUT2D eigenvalue weighted by Gasteiger charge is 2.17. The van der Waals surface area contributed by atoms with Crippen molar-refractivity contribution in [3.8, 4) is 0 Å². The Hall–Kier alpha value is -1.03. The van der Waals surface area contributed by atoms with E-state index in [9.17, 15) is 4.79 Å². The smallest absolute Gasteiger partial charge is 0.310 e. The normalized spacial score (nSPS) is 11.2. The molecule has 0 amide bonds. The number of esters is 1. The summed E-state index contributed by atoms with van der Waals surface area (Å²) < 4.78 is 6.12. The average molecular weight is 286 g/mol. The van der Waals surface area contributed by atoms with Crippen molar-refractivity contribution < 1.29 is 9.53 Å². The number of anilines is 1. The highest BCUT2D eigenvalue weighted by molar-refractivity contribution is 9.10. The first-order chi connectivity index (χ1) is 7.28. The number of benzene rings is 1. The van der Waals surface area contributed by atoms with Gasteiger partial charge in [-0.1, -0.05) is 22.0 Å². The third kappa shape index (κ3) is 4.23. The first-order valence-electron chi connectivity index (χ1n) is 5.04. The molecule has 0 atom stereocenters. The van der Waals surface area contributed by atoms with Gasteiger partial charge in [-0.25, -0.2) is 0 Å². The Labute approximate surface area is 104 Å². The largest absolute Gasteiger partial charge is 0.460 e. The van der Waals surface area contributed by atoms with Crippen LogP contribution in [0.5, 0.6) is 0 Å². The second-order valence-corrected chi connectivity index (χ2v) is 5.52. The molecule has 0 saturated carbocycles. The van der Waals surface area contributed by atoms with Crippen LogP contribution in [0.2, 0.25) is 0 Å². The van der Waals surface area contributed by atoms with E-state index in [0.717, 1.165) is 10.0 Å². The van der Waals surface area contributed by atoms with Crippen LogP contribution >= 0.6 is 15.9 Å². The number of rotatable bonds is 2. The Morgan fingerprint density at radius 3 is 2.56 bits per heavy atom. The highest BCUT2D eigenvalue weighted by atomic mass is 79.9. The number of carbonyl (C=O) groups is 1. The van der Waals surface area contributed by atoms with Gasteiger partial charge in [0, 0.05) is 10.2 Å². The van der Waals surface area contributed by atoms with Crippen LogP contribution in [-0.2, 0) is 16.0 Å². The van der Waals surface area contributed by atoms with Gasteiger partial charge in [-0.3, -0.25) is 4.79 Å². The summed E-state index contributed by atoms with van der Waals surface area (Å²) in [5.41, 5.74) is 6.73. The molecule has 0 unspecified atom stereocenters. The van der Waals surface area contributed by atoms with Crippen molar-refractivity contribution in [1.29, 1.82) is 0 Å². The van der Waals surface area contributed by atoms with E-state index in [1.807, 2.05) is 32.9 Å². The zero-order valence-electron chi connectivity index (χ0n) is 9.71. The van der Waals surface area contributed by atoms with Gasteiger partial charge in [0.2, 0.25) is 0 Å². The molecule has 0 spiro atoms. The van der Waals surface area contributed by atoms with Crippen molar-refractivity contribution in [1.82, 2.24) is 0 Å². The standard InChI is InChI=1S/C12H16BrNO2/c1-12(2,3)16-11(15)6-8-4-5-9(13)7-10(8)14/h4-5,7H,6,14H2,1-3H3. The van der Waals surface area contributed by atoms with E-state index in [1.165, 1.54) is 0 Å². The molecular formula is C12H16BrNO2. The maximum Gasteiger partial charge on any atom is 0.310 e. The molecule has 0 aliphatic rings. The molecule has 0 heterocycles. The molecule has 0 bridgehead atoms. The van der Waals surface area contributed by atoms with Crippen molar-refractivity contribution >= 4 is 27.6 Å². The number of nitrogen functional groups attached to an aromatic ring is 1. The molecule has 1 rings (SSSR count). The van der Waals surface area contributed by atoms with Crippen LogP contribution in [0.4, 0.5) is 5.69 Å². The predicted octanol–water partition coefficient (Wildman–Crippen LogP) is 2.92. The summed E-state index contributed by atoms with van der Waals surface area (Å²) in [5, 5.41) is 0. The maximum absolute atomic E-state index is 11.6. The van der Waals surface area contributed by atoms with Crippen LogP contribution in [0, 0.1) is 0 Å². The number of carbonyl (C=O) groups excluding carboxylic acids is 1. The fourth-order valence-corrected chi connectivity index (χ4v) is 1.64. The van der Waals surface area contributed by atoms with Gasteiger partial charge in [0.1, 0.15) is 5.60 Å². The lowest BCUT2D eigenvalue weighted by molar-refractivity contribution is -0.153. The van der Waals surface area contributed by atoms with Gasteiger partial charge in [-0.05, 0) is 38.5 Å². The van der Waals surface area contributed by atoms with Gasteiger partial charge >= 0.3 is 5.97 Å². The zero-order chi connectivity index (χ0) is 12.3. The third-order valence-corrected chi connectivity index (χ3v) is 2.36. The van der Waals surface area contributed by atoms with Crippen molar-refractivity contribution in [3.63, 3.8) is 0 Å². The number of ether oxygens (including phenoxy) is 1. The van der Waals surface area contributed by atoms with E-state index in [2.05, 4.69) is 15.9 Å². The van der Waals surface area contributed by atoms with E-state index < -0.39 is 5.60 Å². The number of halogens is 1. The quantitative estimate of drug-likeness (QED) is 0.671. The Bertz CT molecular complexity index is 396. The van der Waals surface area contributed by atoms with Crippen molar-refractivity contribution in [2.24, 2.45) is 0 Å². The minimum Gasteiger partial charge on any atom is -0.460 e. The van der Waals surface area contributed by atoms with Gasteiger partial charge in [-0.15, -0.1) is 0 Å². The molecule has 88 valence electrons. The first kappa shape index (κ1) is 13.0. The second-order valence-electron chi connectivity index (χ2n) is 4.61. The molecule has 1 aromatic carbocycles. The fourth-order valence-electron chi connectivity index (χ4n) is 1.26. The second kappa shape index (κ2) is 4.87. The van der Waals surface area contributed by atoms with Crippen LogP contribution in [0.1, 0.15) is 26.3 Å². The first-order valence-corrected chi connectivity index (χ1v) is 5.83. The molecule has 0 saturated heterocycles. The van der Waals surface area contributed by atoms with Crippen molar-refractivity contribution in [2.45, 2.75) is 32.8 Å². The Kier molecular flexibility index (Phi) is 3.97. The van der Waals surface area contributed by atoms with Crippen LogP contribution in [0.3, 0.4) is 0 Å². The van der Waals surface area contributed by atoms with Gasteiger partial charge in [0.05, 0.1) is 6.42 Å². The van der Waals surface area contributed by atoms with Gasteiger partial charge in [0.25, 0.3) is 0 Å². The average Bonchev–Trinajstić information content (AvgIpc) is 2.06. The summed E-state index contributed by atoms with van der Waals surface area (Å²) in [7, 11) is 0. The molecule has 0 aliphatic heterocycles. The van der Waals surface area contributed by atoms with E-state index in [0.29, 0.717) is 5.69 Å². The molecule has 1 aromatic rings. The number of hydrogen-bond donors (Lipinski definition) is 1. The number of hydrogen-bond acceptors (Lipinski definition) is 3. The fraction of sp³-hybridized carbons (Fsp3) is 0.417. The van der Waals surface area contributed by atoms with Crippen LogP contribution in [0.15, 0.2) is 22.7 Å². The van der Waals surface area contributed by atoms with Crippen molar-refractivity contribution in [3.05, 3.63) is 28.2 Å². The van der Waals surface area contributed by atoms with Gasteiger partial charge in [0.15, 0.2) is 0 Å². The maximum atomic E-state index is 11.6. The Morgan fingerprint density at radius 1 is 1.44 bits per heavy atom. The van der Waals surface area contributed by atoms with E-state index in [1.54, 1.807) is 6.07 Å². The molecule has 2 N–H and O–H groups in total. The summed E-state index contributed by atoms with van der Waals surface area (Å²) in [6.45, 7) is 5.53. The lowest BCUT2D eigenvalue weighted by atomic mass is 10.1. The summed E-state index contributed by atoms with van der Waals surface area (Å²) in [4.78, 5) is 11.6. The zero-order valence-corrected chi connectivity index (χ0v) is 11.3. The molecule has 0 aliphatic carbocycles. The molecule has 0 radical (unpaired) electrons. The Morgan fingerprint density at radius 2 is 2.06 bits per heavy atom. The van der Waals surface area contributed by atoms with Gasteiger partial charge < -0.3 is 10.5 Å². The molecule has 3 nitrogen and oxygen atoms in total. The molecule has 4 heteroatoms. The molecule has 0 fully saturated rings. The topological polar surface area (TPSA) is 52.3 Å². The van der Waals surface area contributed by atoms with E-state index in [-0.39, 0.29) is 12.4 Å². The number of nitrogens with two attached hydrogens (primary N) is 1. The SMILES string of the molecule is CC(C)(C)OC(=O)Cc1ccc(Br)cc1N. The van der Waals surface area contributed by atoms with E-state index >= 15 is 0 Å². The van der Waals surface area contributed by atoms with Gasteiger partial charge in [-0.2, -0.15) is 0 Å². The minimum atomic E-state index is -0.457. The molecular weight excluding hydrogens is 270 g/mol. The van der Waals surface area contributed by atoms with Crippen molar-refractivity contribution in [2.75, 3.05) is 5.73 Å². The predicted molar refractivity (Wildman–Crippen MR) is 68.1 cm³/mol. The summed E-state index contributed by atoms with van der Waals surface area (Å²) in [6.07, 6.45) is 0.205. The lowest BCUT2D eigenvalue weighted by Gasteiger charge is -2.19. The minimum absolute atomic E-state index is 0.205. The van der Waals surface area contributed by atoms with Crippen LogP contribution < -0.4 is 5.73 Å². The van der Waals surface area contributed by atoms with Crippen LogP contribution in [0.25, 0.3) is 0 Å². The Balaban J connectivity index is 2.70. The summed E-state index contributed by atoms with van der Waals surface area (Å²) >= 11 is 3.32. The third-order valence-electron chi connectivity index (χ3n) is 1.86. The molecule has 16 heavy (non-hydrogen) atoms. The monoisotopic (exact) mass is 285 g/mol. The van der Waals surface area contributed by atoms with E-state index in [4.69, 9.17) is 10.5 Å². The summed E-state index contributed by atoms with van der Waals surface area (Å²) in [6, 6.07) is 5.46.